The Morgan fingerprint density at radius 3 is 2.60 bits per heavy atom. The predicted octanol–water partition coefficient (Wildman–Crippen LogP) is 5.53. The van der Waals surface area contributed by atoms with Crippen LogP contribution in [-0.2, 0) is 5.41 Å². The van der Waals surface area contributed by atoms with E-state index >= 15 is 0 Å². The number of likely N-dealkylation sites (N-methyl/N-ethyl adjacent to an activating group) is 1. The number of hydrogen-bond acceptors (Lipinski definition) is 3. The second kappa shape index (κ2) is 5.33. The second-order valence-corrected chi connectivity index (χ2v) is 7.82. The van der Waals surface area contributed by atoms with Crippen LogP contribution in [0.1, 0.15) is 25.0 Å². The number of benzene rings is 2. The molecule has 0 radical (unpaired) electrons. The number of anilines is 1. The maximum absolute atomic E-state index is 6.62. The number of fused-ring (bicyclic) bond motifs is 2. The Morgan fingerprint density at radius 2 is 1.92 bits per heavy atom. The maximum Gasteiger partial charge on any atom is 0.212 e. The van der Waals surface area contributed by atoms with Gasteiger partial charge in [-0.15, -0.1) is 0 Å². The first-order valence-electron chi connectivity index (χ1n) is 8.10. The van der Waals surface area contributed by atoms with E-state index in [1.54, 1.807) is 13.2 Å². The fourth-order valence-corrected chi connectivity index (χ4v) is 4.54. The van der Waals surface area contributed by atoms with Gasteiger partial charge in [-0.3, -0.25) is 0 Å². The molecule has 4 rings (SSSR count). The molecule has 1 unspecified atom stereocenters. The van der Waals surface area contributed by atoms with Gasteiger partial charge in [0.15, 0.2) is 11.5 Å². The molecule has 25 heavy (non-hydrogen) atoms. The molecule has 2 aliphatic heterocycles. The van der Waals surface area contributed by atoms with E-state index in [2.05, 4.69) is 30.9 Å². The molecule has 1 atom stereocenters. The molecule has 130 valence electrons. The van der Waals surface area contributed by atoms with Crippen LogP contribution in [0.4, 0.5) is 5.69 Å². The van der Waals surface area contributed by atoms with Crippen molar-refractivity contribution < 1.29 is 9.47 Å². The summed E-state index contributed by atoms with van der Waals surface area (Å²) in [7, 11) is 3.63. The van der Waals surface area contributed by atoms with E-state index in [1.165, 1.54) is 0 Å². The van der Waals surface area contributed by atoms with Gasteiger partial charge in [-0.1, -0.05) is 35.3 Å². The smallest absolute Gasteiger partial charge is 0.212 e. The highest BCUT2D eigenvalue weighted by molar-refractivity contribution is 6.33. The summed E-state index contributed by atoms with van der Waals surface area (Å²) >= 11 is 12.7. The van der Waals surface area contributed by atoms with Crippen molar-refractivity contribution in [1.82, 2.24) is 0 Å². The number of nitrogens with zero attached hydrogens (tertiary/aromatic N) is 1. The first-order chi connectivity index (χ1) is 11.8. The summed E-state index contributed by atoms with van der Waals surface area (Å²) in [6, 6.07) is 9.65. The van der Waals surface area contributed by atoms with Gasteiger partial charge in [-0.05, 0) is 43.7 Å². The van der Waals surface area contributed by atoms with Crippen molar-refractivity contribution in [1.29, 1.82) is 0 Å². The summed E-state index contributed by atoms with van der Waals surface area (Å²) in [5.41, 5.74) is 2.04. The van der Waals surface area contributed by atoms with Crippen LogP contribution < -0.4 is 14.4 Å². The van der Waals surface area contributed by atoms with E-state index in [9.17, 15) is 0 Å². The Labute approximate surface area is 157 Å². The number of methoxy groups -OCH3 is 1. The Balaban J connectivity index is 1.93. The van der Waals surface area contributed by atoms with E-state index in [4.69, 9.17) is 32.7 Å². The molecular formula is C20H19Cl2NO2. The lowest BCUT2D eigenvalue weighted by Crippen LogP contribution is -2.58. The first-order valence-corrected chi connectivity index (χ1v) is 8.86. The molecule has 0 fully saturated rings. The Morgan fingerprint density at radius 1 is 1.16 bits per heavy atom. The van der Waals surface area contributed by atoms with Gasteiger partial charge in [-0.2, -0.15) is 0 Å². The third kappa shape index (κ3) is 2.06. The van der Waals surface area contributed by atoms with Gasteiger partial charge in [0.2, 0.25) is 5.72 Å². The number of halogens is 2. The normalized spacial score (nSPS) is 22.6. The lowest BCUT2D eigenvalue weighted by molar-refractivity contribution is 0.0552. The molecule has 0 amide bonds. The van der Waals surface area contributed by atoms with E-state index in [0.717, 1.165) is 21.8 Å². The lowest BCUT2D eigenvalue weighted by Gasteiger charge is -2.46. The van der Waals surface area contributed by atoms with Crippen molar-refractivity contribution >= 4 is 35.0 Å². The molecule has 0 aliphatic carbocycles. The molecule has 3 nitrogen and oxygen atoms in total. The van der Waals surface area contributed by atoms with Gasteiger partial charge >= 0.3 is 0 Å². The molecular weight excluding hydrogens is 357 g/mol. The quantitative estimate of drug-likeness (QED) is 0.653. The highest BCUT2D eigenvalue weighted by atomic mass is 35.5. The summed E-state index contributed by atoms with van der Waals surface area (Å²) in [5.74, 6) is 1.32. The second-order valence-electron chi connectivity index (χ2n) is 6.98. The first kappa shape index (κ1) is 16.6. The number of para-hydroxylation sites is 1. The molecule has 0 saturated heterocycles. The summed E-state index contributed by atoms with van der Waals surface area (Å²) in [6.45, 7) is 4.34. The summed E-state index contributed by atoms with van der Waals surface area (Å²) in [5, 5.41) is 1.33. The maximum atomic E-state index is 6.62. The van der Waals surface area contributed by atoms with Gasteiger partial charge in [0.1, 0.15) is 0 Å². The van der Waals surface area contributed by atoms with Crippen LogP contribution in [0.15, 0.2) is 36.4 Å². The van der Waals surface area contributed by atoms with Gasteiger partial charge in [0, 0.05) is 23.7 Å². The molecule has 5 heteroatoms. The van der Waals surface area contributed by atoms with Crippen molar-refractivity contribution in [3.05, 3.63) is 57.6 Å². The monoisotopic (exact) mass is 375 g/mol. The molecule has 2 aromatic rings. The number of rotatable bonds is 1. The molecule has 0 aromatic heterocycles. The Hall–Kier alpha value is -1.84. The van der Waals surface area contributed by atoms with Crippen LogP contribution in [-0.4, -0.2) is 19.9 Å². The topological polar surface area (TPSA) is 21.7 Å². The van der Waals surface area contributed by atoms with Crippen LogP contribution in [0.25, 0.3) is 6.08 Å². The standard InChI is InChI=1S/C20H19Cl2NO2/c1-19(2)14-6-5-7-15(22)17(14)23(3)20(19)9-8-12-10-13(21)11-16(24-4)18(12)25-20/h5-11H,1-4H3. The highest BCUT2D eigenvalue weighted by Crippen LogP contribution is 2.57. The molecule has 2 heterocycles. The molecule has 2 aliphatic rings. The summed E-state index contributed by atoms with van der Waals surface area (Å²) < 4.78 is 12.1. The number of hydrogen-bond donors (Lipinski definition) is 0. The van der Waals surface area contributed by atoms with Crippen molar-refractivity contribution in [2.75, 3.05) is 19.1 Å². The Kier molecular flexibility index (Phi) is 3.54. The predicted molar refractivity (Wildman–Crippen MR) is 103 cm³/mol. The minimum absolute atomic E-state index is 0.319. The minimum atomic E-state index is -0.700. The summed E-state index contributed by atoms with van der Waals surface area (Å²) in [6.07, 6.45) is 4.13. The summed E-state index contributed by atoms with van der Waals surface area (Å²) in [4.78, 5) is 2.11. The van der Waals surface area contributed by atoms with Crippen LogP contribution in [0, 0.1) is 0 Å². The van der Waals surface area contributed by atoms with Gasteiger partial charge in [0.25, 0.3) is 0 Å². The van der Waals surface area contributed by atoms with Crippen LogP contribution in [0.5, 0.6) is 11.5 Å². The molecule has 1 spiro atoms. The largest absolute Gasteiger partial charge is 0.493 e. The zero-order valence-electron chi connectivity index (χ0n) is 14.6. The zero-order chi connectivity index (χ0) is 18.0. The van der Waals surface area contributed by atoms with Gasteiger partial charge < -0.3 is 14.4 Å². The molecule has 0 bridgehead atoms. The minimum Gasteiger partial charge on any atom is -0.493 e. The van der Waals surface area contributed by atoms with Crippen molar-refractivity contribution in [3.8, 4) is 11.5 Å². The van der Waals surface area contributed by atoms with Crippen LogP contribution in [0.3, 0.4) is 0 Å². The van der Waals surface area contributed by atoms with Gasteiger partial charge in [0.05, 0.1) is 23.2 Å². The van der Waals surface area contributed by atoms with Crippen molar-refractivity contribution in [2.24, 2.45) is 0 Å². The average molecular weight is 376 g/mol. The molecule has 2 aromatic carbocycles. The van der Waals surface area contributed by atoms with E-state index < -0.39 is 5.72 Å². The van der Waals surface area contributed by atoms with Gasteiger partial charge in [-0.25, -0.2) is 0 Å². The SMILES string of the molecule is COc1cc(Cl)cc2c1OC1(C=C2)N(C)c2c(Cl)cccc2C1(C)C. The Bertz CT molecular complexity index is 907. The fraction of sp³-hybridized carbons (Fsp3) is 0.300. The fourth-order valence-electron chi connectivity index (χ4n) is 4.02. The van der Waals surface area contributed by atoms with Crippen molar-refractivity contribution in [3.63, 3.8) is 0 Å². The number of ether oxygens (including phenoxy) is 2. The lowest BCUT2D eigenvalue weighted by atomic mass is 9.76. The van der Waals surface area contributed by atoms with Crippen LogP contribution >= 0.6 is 23.2 Å². The molecule has 0 N–H and O–H groups in total. The van der Waals surface area contributed by atoms with Crippen molar-refractivity contribution in [2.45, 2.75) is 25.0 Å². The third-order valence-corrected chi connectivity index (χ3v) is 5.93. The average Bonchev–Trinajstić information content (AvgIpc) is 2.74. The zero-order valence-corrected chi connectivity index (χ0v) is 16.1. The van der Waals surface area contributed by atoms with E-state index in [-0.39, 0.29) is 5.41 Å². The molecule has 0 saturated carbocycles. The van der Waals surface area contributed by atoms with Crippen LogP contribution in [0.2, 0.25) is 10.0 Å². The third-order valence-electron chi connectivity index (χ3n) is 5.40. The van der Waals surface area contributed by atoms with E-state index in [0.29, 0.717) is 16.5 Å². The van der Waals surface area contributed by atoms with E-state index in [1.807, 2.05) is 31.3 Å². The highest BCUT2D eigenvalue weighted by Gasteiger charge is 2.58.